The summed E-state index contributed by atoms with van der Waals surface area (Å²) in [5.74, 6) is -0.340. The molecular formula is C14H21NO3. The van der Waals surface area contributed by atoms with Gasteiger partial charge in [0.05, 0.1) is 12.5 Å². The molecule has 0 radical (unpaired) electrons. The second-order valence-corrected chi connectivity index (χ2v) is 4.35. The zero-order chi connectivity index (χ0) is 13.4. The van der Waals surface area contributed by atoms with Crippen LogP contribution in [-0.4, -0.2) is 24.2 Å². The van der Waals surface area contributed by atoms with Crippen molar-refractivity contribution in [1.29, 1.82) is 0 Å². The maximum Gasteiger partial charge on any atom is 0.308 e. The zero-order valence-electron chi connectivity index (χ0n) is 11.0. The number of carboxylic acids is 1. The summed E-state index contributed by atoms with van der Waals surface area (Å²) in [5.41, 5.74) is 0.908. The SMILES string of the molecule is CCCCOc1ccc(NCC(C)C(=O)O)cc1. The Kier molecular flexibility index (Phi) is 6.05. The number of carboxylic acid groups (broad SMARTS) is 1. The first-order chi connectivity index (χ1) is 8.63. The van der Waals surface area contributed by atoms with Gasteiger partial charge in [0.1, 0.15) is 5.75 Å². The molecule has 1 unspecified atom stereocenters. The summed E-state index contributed by atoms with van der Waals surface area (Å²) in [6, 6.07) is 7.58. The molecule has 2 N–H and O–H groups in total. The molecule has 0 saturated heterocycles. The molecule has 0 spiro atoms. The number of benzene rings is 1. The Bertz CT molecular complexity index is 362. The molecule has 0 aliphatic rings. The smallest absolute Gasteiger partial charge is 0.308 e. The van der Waals surface area contributed by atoms with Gasteiger partial charge in [0.15, 0.2) is 0 Å². The van der Waals surface area contributed by atoms with Crippen LogP contribution in [0.25, 0.3) is 0 Å². The van der Waals surface area contributed by atoms with Crippen molar-refractivity contribution in [3.05, 3.63) is 24.3 Å². The monoisotopic (exact) mass is 251 g/mol. The maximum absolute atomic E-state index is 10.7. The van der Waals surface area contributed by atoms with E-state index in [1.54, 1.807) is 6.92 Å². The predicted molar refractivity (Wildman–Crippen MR) is 72.1 cm³/mol. The third-order valence-electron chi connectivity index (χ3n) is 2.65. The summed E-state index contributed by atoms with van der Waals surface area (Å²) in [4.78, 5) is 10.7. The molecule has 0 aromatic heterocycles. The van der Waals surface area contributed by atoms with Crippen LogP contribution in [0.4, 0.5) is 5.69 Å². The highest BCUT2D eigenvalue weighted by Gasteiger charge is 2.09. The fourth-order valence-corrected chi connectivity index (χ4v) is 1.36. The summed E-state index contributed by atoms with van der Waals surface area (Å²) >= 11 is 0. The van der Waals surface area contributed by atoms with Crippen LogP contribution in [0, 0.1) is 5.92 Å². The van der Waals surface area contributed by atoms with E-state index in [1.807, 2.05) is 24.3 Å². The Balaban J connectivity index is 2.38. The van der Waals surface area contributed by atoms with Gasteiger partial charge in [-0.15, -0.1) is 0 Å². The van der Waals surface area contributed by atoms with Gasteiger partial charge >= 0.3 is 5.97 Å². The average Bonchev–Trinajstić information content (AvgIpc) is 2.37. The molecule has 4 heteroatoms. The van der Waals surface area contributed by atoms with Gasteiger partial charge in [-0.1, -0.05) is 20.3 Å². The third kappa shape index (κ3) is 5.08. The maximum atomic E-state index is 10.7. The fraction of sp³-hybridized carbons (Fsp3) is 0.500. The van der Waals surface area contributed by atoms with Crippen molar-refractivity contribution >= 4 is 11.7 Å². The van der Waals surface area contributed by atoms with Crippen molar-refractivity contribution in [2.75, 3.05) is 18.5 Å². The van der Waals surface area contributed by atoms with Crippen LogP contribution in [0.3, 0.4) is 0 Å². The van der Waals surface area contributed by atoms with E-state index in [4.69, 9.17) is 9.84 Å². The molecule has 1 aromatic carbocycles. The van der Waals surface area contributed by atoms with Crippen LogP contribution < -0.4 is 10.1 Å². The lowest BCUT2D eigenvalue weighted by Crippen LogP contribution is -2.19. The van der Waals surface area contributed by atoms with E-state index >= 15 is 0 Å². The molecular weight excluding hydrogens is 230 g/mol. The van der Waals surface area contributed by atoms with E-state index in [1.165, 1.54) is 0 Å². The summed E-state index contributed by atoms with van der Waals surface area (Å²) in [5, 5.41) is 11.8. The van der Waals surface area contributed by atoms with Crippen LogP contribution in [0.2, 0.25) is 0 Å². The Labute approximate surface area is 108 Å². The lowest BCUT2D eigenvalue weighted by Gasteiger charge is -2.10. The molecule has 18 heavy (non-hydrogen) atoms. The van der Waals surface area contributed by atoms with Crippen LogP contribution in [0.5, 0.6) is 5.75 Å². The number of unbranched alkanes of at least 4 members (excludes halogenated alkanes) is 1. The number of aliphatic carboxylic acids is 1. The topological polar surface area (TPSA) is 58.6 Å². The third-order valence-corrected chi connectivity index (χ3v) is 2.65. The van der Waals surface area contributed by atoms with Crippen LogP contribution >= 0.6 is 0 Å². The second kappa shape index (κ2) is 7.58. The second-order valence-electron chi connectivity index (χ2n) is 4.35. The van der Waals surface area contributed by atoms with Gasteiger partial charge < -0.3 is 15.2 Å². The first kappa shape index (κ1) is 14.4. The molecule has 4 nitrogen and oxygen atoms in total. The number of rotatable bonds is 8. The highest BCUT2D eigenvalue weighted by Crippen LogP contribution is 2.16. The van der Waals surface area contributed by atoms with E-state index in [2.05, 4.69) is 12.2 Å². The Hall–Kier alpha value is -1.71. The molecule has 0 aliphatic carbocycles. The summed E-state index contributed by atoms with van der Waals surface area (Å²) in [6.07, 6.45) is 2.17. The van der Waals surface area contributed by atoms with Crippen LogP contribution in [0.15, 0.2) is 24.3 Å². The average molecular weight is 251 g/mol. The predicted octanol–water partition coefficient (Wildman–Crippen LogP) is 3.00. The quantitative estimate of drug-likeness (QED) is 0.697. The molecule has 1 atom stereocenters. The van der Waals surface area contributed by atoms with Crippen molar-refractivity contribution in [3.8, 4) is 5.75 Å². The molecule has 100 valence electrons. The molecule has 1 rings (SSSR count). The van der Waals surface area contributed by atoms with Crippen LogP contribution in [0.1, 0.15) is 26.7 Å². The number of ether oxygens (including phenoxy) is 1. The van der Waals surface area contributed by atoms with E-state index in [-0.39, 0.29) is 0 Å². The van der Waals surface area contributed by atoms with E-state index < -0.39 is 11.9 Å². The van der Waals surface area contributed by atoms with Gasteiger partial charge in [0, 0.05) is 12.2 Å². The fourth-order valence-electron chi connectivity index (χ4n) is 1.36. The van der Waals surface area contributed by atoms with Crippen molar-refractivity contribution in [2.24, 2.45) is 5.92 Å². The van der Waals surface area contributed by atoms with Gasteiger partial charge in [-0.25, -0.2) is 0 Å². The van der Waals surface area contributed by atoms with Gasteiger partial charge in [0.25, 0.3) is 0 Å². The van der Waals surface area contributed by atoms with E-state index in [0.717, 1.165) is 30.9 Å². The van der Waals surface area contributed by atoms with Crippen LogP contribution in [-0.2, 0) is 4.79 Å². The molecule has 0 aliphatic heterocycles. The number of hydrogen-bond acceptors (Lipinski definition) is 3. The minimum atomic E-state index is -0.790. The zero-order valence-corrected chi connectivity index (χ0v) is 11.0. The Morgan fingerprint density at radius 1 is 1.39 bits per heavy atom. The first-order valence-corrected chi connectivity index (χ1v) is 6.33. The molecule has 0 bridgehead atoms. The number of anilines is 1. The summed E-state index contributed by atoms with van der Waals surface area (Å²) in [6.45, 7) is 4.96. The van der Waals surface area contributed by atoms with Crippen molar-refractivity contribution in [1.82, 2.24) is 0 Å². The minimum absolute atomic E-state index is 0.398. The van der Waals surface area contributed by atoms with Gasteiger partial charge in [0.2, 0.25) is 0 Å². The number of nitrogens with one attached hydrogen (secondary N) is 1. The summed E-state index contributed by atoms with van der Waals surface area (Å²) in [7, 11) is 0. The highest BCUT2D eigenvalue weighted by atomic mass is 16.5. The van der Waals surface area contributed by atoms with E-state index in [0.29, 0.717) is 6.54 Å². The first-order valence-electron chi connectivity index (χ1n) is 6.33. The largest absolute Gasteiger partial charge is 0.494 e. The lowest BCUT2D eigenvalue weighted by atomic mass is 10.2. The number of carbonyl (C=O) groups is 1. The normalized spacial score (nSPS) is 11.9. The Morgan fingerprint density at radius 2 is 2.06 bits per heavy atom. The lowest BCUT2D eigenvalue weighted by molar-refractivity contribution is -0.140. The van der Waals surface area contributed by atoms with Gasteiger partial charge in [-0.3, -0.25) is 4.79 Å². The molecule has 0 heterocycles. The molecule has 0 saturated carbocycles. The molecule has 1 aromatic rings. The van der Waals surface area contributed by atoms with E-state index in [9.17, 15) is 4.79 Å². The number of hydrogen-bond donors (Lipinski definition) is 2. The van der Waals surface area contributed by atoms with Crippen molar-refractivity contribution < 1.29 is 14.6 Å². The standard InChI is InChI=1S/C14H21NO3/c1-3-4-9-18-13-7-5-12(6-8-13)15-10-11(2)14(16)17/h5-8,11,15H,3-4,9-10H2,1-2H3,(H,16,17). The Morgan fingerprint density at radius 3 is 2.61 bits per heavy atom. The van der Waals surface area contributed by atoms with Crippen molar-refractivity contribution in [3.63, 3.8) is 0 Å². The minimum Gasteiger partial charge on any atom is -0.494 e. The summed E-state index contributed by atoms with van der Waals surface area (Å²) < 4.78 is 5.54. The molecule has 0 fully saturated rings. The highest BCUT2D eigenvalue weighted by molar-refractivity contribution is 5.70. The van der Waals surface area contributed by atoms with Gasteiger partial charge in [-0.2, -0.15) is 0 Å². The molecule has 0 amide bonds. The van der Waals surface area contributed by atoms with Crippen molar-refractivity contribution in [2.45, 2.75) is 26.7 Å². The van der Waals surface area contributed by atoms with Gasteiger partial charge in [-0.05, 0) is 30.7 Å².